The molecule has 3 nitrogen and oxygen atoms in total. The van der Waals surface area contributed by atoms with Crippen LogP contribution in [0.3, 0.4) is 0 Å². The molecule has 0 aliphatic heterocycles. The summed E-state index contributed by atoms with van der Waals surface area (Å²) in [6.45, 7) is 1.95. The van der Waals surface area contributed by atoms with E-state index in [2.05, 4.69) is 0 Å². The van der Waals surface area contributed by atoms with Crippen LogP contribution in [0.4, 0.5) is 0 Å². The van der Waals surface area contributed by atoms with Gasteiger partial charge in [0.25, 0.3) is 0 Å². The van der Waals surface area contributed by atoms with Gasteiger partial charge in [0, 0.05) is 0 Å². The number of aryl methyl sites for hydroxylation is 1. The van der Waals surface area contributed by atoms with E-state index in [0.717, 1.165) is 5.56 Å². The average molecular weight is 284 g/mol. The second-order valence-electron chi connectivity index (χ2n) is 4.05. The number of benzene rings is 2. The SMILES string of the molecule is CCc1ccccc1C(=O)OC(=O)c1ccccc1.[AlH3]. The summed E-state index contributed by atoms with van der Waals surface area (Å²) in [6.07, 6.45) is 0.713. The van der Waals surface area contributed by atoms with Crippen molar-refractivity contribution in [3.63, 3.8) is 0 Å². The van der Waals surface area contributed by atoms with Crippen LogP contribution >= 0.6 is 0 Å². The summed E-state index contributed by atoms with van der Waals surface area (Å²) in [5.74, 6) is -1.23. The highest BCUT2D eigenvalue weighted by Crippen LogP contribution is 2.12. The highest BCUT2D eigenvalue weighted by molar-refractivity contribution is 6.03. The lowest BCUT2D eigenvalue weighted by molar-refractivity contribution is 0.0397. The van der Waals surface area contributed by atoms with Gasteiger partial charge < -0.3 is 4.74 Å². The van der Waals surface area contributed by atoms with Crippen molar-refractivity contribution >= 4 is 29.3 Å². The van der Waals surface area contributed by atoms with Crippen LogP contribution in [-0.2, 0) is 11.2 Å². The summed E-state index contributed by atoms with van der Waals surface area (Å²) in [6, 6.07) is 15.6. The van der Waals surface area contributed by atoms with Crippen LogP contribution < -0.4 is 0 Å². The smallest absolute Gasteiger partial charge is 0.346 e. The lowest BCUT2D eigenvalue weighted by Crippen LogP contribution is -2.14. The number of hydrogen-bond donors (Lipinski definition) is 0. The van der Waals surface area contributed by atoms with Gasteiger partial charge in [0.05, 0.1) is 11.1 Å². The van der Waals surface area contributed by atoms with Crippen molar-refractivity contribution in [3.05, 3.63) is 71.3 Å². The van der Waals surface area contributed by atoms with Gasteiger partial charge in [0.2, 0.25) is 0 Å². The van der Waals surface area contributed by atoms with Gasteiger partial charge in [0.1, 0.15) is 0 Å². The monoisotopic (exact) mass is 284 g/mol. The number of esters is 2. The Balaban J connectivity index is 0.00000200. The molecule has 0 heterocycles. The first-order valence-electron chi connectivity index (χ1n) is 6.12. The quantitative estimate of drug-likeness (QED) is 0.492. The third-order valence-electron chi connectivity index (χ3n) is 2.81. The number of carbonyl (C=O) groups excluding carboxylic acids is 2. The van der Waals surface area contributed by atoms with E-state index in [1.54, 1.807) is 42.5 Å². The maximum Gasteiger partial charge on any atom is 0.346 e. The Kier molecular flexibility index (Phi) is 6.18. The van der Waals surface area contributed by atoms with Crippen LogP contribution in [0.5, 0.6) is 0 Å². The predicted octanol–water partition coefficient (Wildman–Crippen LogP) is 2.06. The van der Waals surface area contributed by atoms with Gasteiger partial charge in [-0.15, -0.1) is 0 Å². The van der Waals surface area contributed by atoms with Crippen LogP contribution in [0.25, 0.3) is 0 Å². The molecule has 0 fully saturated rings. The Morgan fingerprint density at radius 1 is 0.900 bits per heavy atom. The predicted molar refractivity (Wildman–Crippen MR) is 81.9 cm³/mol. The lowest BCUT2D eigenvalue weighted by atomic mass is 10.1. The van der Waals surface area contributed by atoms with Crippen LogP contribution in [0.15, 0.2) is 54.6 Å². The van der Waals surface area contributed by atoms with E-state index in [0.29, 0.717) is 17.5 Å². The fourth-order valence-electron chi connectivity index (χ4n) is 1.80. The first-order valence-corrected chi connectivity index (χ1v) is 6.12. The van der Waals surface area contributed by atoms with E-state index in [-0.39, 0.29) is 17.4 Å². The minimum absolute atomic E-state index is 0. The Bertz CT molecular complexity index is 594. The van der Waals surface area contributed by atoms with Gasteiger partial charge >= 0.3 is 11.9 Å². The molecule has 0 radical (unpaired) electrons. The summed E-state index contributed by atoms with van der Waals surface area (Å²) in [5, 5.41) is 0. The second-order valence-corrected chi connectivity index (χ2v) is 4.05. The Hall–Kier alpha value is -1.89. The Morgan fingerprint density at radius 2 is 1.50 bits per heavy atom. The van der Waals surface area contributed by atoms with E-state index in [1.165, 1.54) is 0 Å². The van der Waals surface area contributed by atoms with Crippen molar-refractivity contribution in [1.29, 1.82) is 0 Å². The number of rotatable bonds is 3. The molecule has 0 bridgehead atoms. The molecule has 0 aromatic heterocycles. The van der Waals surface area contributed by atoms with Crippen molar-refractivity contribution in [3.8, 4) is 0 Å². The molecule has 0 aliphatic carbocycles. The van der Waals surface area contributed by atoms with Crippen LogP contribution in [0.2, 0.25) is 0 Å². The molecule has 0 spiro atoms. The first-order chi connectivity index (χ1) is 9.22. The van der Waals surface area contributed by atoms with Crippen molar-refractivity contribution in [1.82, 2.24) is 0 Å². The number of hydrogen-bond acceptors (Lipinski definition) is 3. The summed E-state index contributed by atoms with van der Waals surface area (Å²) in [5.41, 5.74) is 1.67. The zero-order valence-corrected chi connectivity index (χ0v) is 10.6. The molecule has 20 heavy (non-hydrogen) atoms. The highest BCUT2D eigenvalue weighted by atomic mass is 27.0. The zero-order valence-electron chi connectivity index (χ0n) is 10.6. The topological polar surface area (TPSA) is 43.4 Å². The molecule has 102 valence electrons. The largest absolute Gasteiger partial charge is 0.386 e. The molecule has 0 saturated carbocycles. The fraction of sp³-hybridized carbons (Fsp3) is 0.125. The molecule has 2 aromatic carbocycles. The molecule has 2 aromatic rings. The Labute approximate surface area is 128 Å². The van der Waals surface area contributed by atoms with E-state index in [4.69, 9.17) is 4.74 Å². The lowest BCUT2D eigenvalue weighted by Gasteiger charge is -2.06. The molecule has 2 rings (SSSR count). The van der Waals surface area contributed by atoms with Crippen molar-refractivity contribution in [2.24, 2.45) is 0 Å². The van der Waals surface area contributed by atoms with Crippen molar-refractivity contribution < 1.29 is 14.3 Å². The van der Waals surface area contributed by atoms with Crippen LogP contribution in [0, 0.1) is 0 Å². The molecule has 0 atom stereocenters. The summed E-state index contributed by atoms with van der Waals surface area (Å²) in [4.78, 5) is 23.8. The minimum Gasteiger partial charge on any atom is -0.386 e. The third kappa shape index (κ3) is 3.80. The average Bonchev–Trinajstić information content (AvgIpc) is 2.48. The molecule has 0 N–H and O–H groups in total. The Morgan fingerprint density at radius 3 is 2.15 bits per heavy atom. The zero-order chi connectivity index (χ0) is 13.7. The maximum absolute atomic E-state index is 12.0. The van der Waals surface area contributed by atoms with E-state index < -0.39 is 11.9 Å². The number of ether oxygens (including phenoxy) is 1. The van der Waals surface area contributed by atoms with Crippen LogP contribution in [0.1, 0.15) is 33.2 Å². The molecule has 0 amide bonds. The standard InChI is InChI=1S/C16H14O3.Al.3H/c1-2-12-8-6-7-11-14(12)16(18)19-15(17)13-9-4-3-5-10-13;;;;/h3-11H,2H2,1H3;;;;. The molecule has 4 heteroatoms. The fourth-order valence-corrected chi connectivity index (χ4v) is 1.80. The first kappa shape index (κ1) is 16.2. The van der Waals surface area contributed by atoms with Gasteiger partial charge in [-0.2, -0.15) is 0 Å². The van der Waals surface area contributed by atoms with Gasteiger partial charge in [-0.1, -0.05) is 43.3 Å². The highest BCUT2D eigenvalue weighted by Gasteiger charge is 2.16. The van der Waals surface area contributed by atoms with Crippen molar-refractivity contribution in [2.75, 3.05) is 0 Å². The van der Waals surface area contributed by atoms with E-state index in [1.807, 2.05) is 19.1 Å². The second kappa shape index (κ2) is 7.64. The number of carbonyl (C=O) groups is 2. The molecular formula is C16H17AlO3. The van der Waals surface area contributed by atoms with Gasteiger partial charge in [-0.3, -0.25) is 0 Å². The molecular weight excluding hydrogens is 267 g/mol. The summed E-state index contributed by atoms with van der Waals surface area (Å²) >= 11 is 0. The van der Waals surface area contributed by atoms with Crippen LogP contribution in [-0.4, -0.2) is 29.3 Å². The maximum atomic E-state index is 12.0. The van der Waals surface area contributed by atoms with E-state index in [9.17, 15) is 9.59 Å². The molecule has 0 saturated heterocycles. The third-order valence-corrected chi connectivity index (χ3v) is 2.81. The van der Waals surface area contributed by atoms with E-state index >= 15 is 0 Å². The van der Waals surface area contributed by atoms with Gasteiger partial charge in [0.15, 0.2) is 17.4 Å². The molecule has 0 aliphatic rings. The summed E-state index contributed by atoms with van der Waals surface area (Å²) < 4.78 is 4.89. The summed E-state index contributed by atoms with van der Waals surface area (Å²) in [7, 11) is 0. The van der Waals surface area contributed by atoms with Gasteiger partial charge in [-0.25, -0.2) is 9.59 Å². The normalized spacial score (nSPS) is 9.45. The van der Waals surface area contributed by atoms with Crippen molar-refractivity contribution in [2.45, 2.75) is 13.3 Å². The van der Waals surface area contributed by atoms with Gasteiger partial charge in [-0.05, 0) is 30.2 Å². The molecule has 0 unspecified atom stereocenters. The minimum atomic E-state index is -0.628.